The number of hydrogen-bond acceptors (Lipinski definition) is 2. The fraction of sp³-hybridized carbons (Fsp3) is 0.467. The summed E-state index contributed by atoms with van der Waals surface area (Å²) < 4.78 is 38.7. The minimum absolute atomic E-state index is 0.0609. The number of likely N-dealkylation sites (N-methyl/N-ethyl adjacent to an activating group) is 1. The minimum Gasteiger partial charge on any atom is -0.344 e. The van der Waals surface area contributed by atoms with Gasteiger partial charge in [0.25, 0.3) is 0 Å². The molecule has 1 aromatic rings. The molecule has 0 spiro atoms. The predicted molar refractivity (Wildman–Crippen MR) is 79.9 cm³/mol. The summed E-state index contributed by atoms with van der Waals surface area (Å²) in [5.41, 5.74) is -0.864. The molecule has 0 heterocycles. The molecule has 1 N–H and O–H groups in total. The first-order valence-corrected chi connectivity index (χ1v) is 6.97. The van der Waals surface area contributed by atoms with Crippen LogP contribution in [0.1, 0.15) is 11.1 Å². The number of amides is 3. The molecule has 1 rings (SSSR count). The lowest BCUT2D eigenvalue weighted by Gasteiger charge is -2.20. The fourth-order valence-corrected chi connectivity index (χ4v) is 1.86. The number of nitrogens with one attached hydrogen (secondary N) is 1. The van der Waals surface area contributed by atoms with Gasteiger partial charge in [0.05, 0.1) is 12.0 Å². The lowest BCUT2D eigenvalue weighted by atomic mass is 10.0. The van der Waals surface area contributed by atoms with E-state index >= 15 is 0 Å². The maximum Gasteiger partial charge on any atom is 0.416 e. The molecule has 0 aliphatic carbocycles. The summed E-state index contributed by atoms with van der Waals surface area (Å²) in [7, 11) is 4.65. The van der Waals surface area contributed by atoms with Gasteiger partial charge in [-0.1, -0.05) is 18.2 Å². The van der Waals surface area contributed by atoms with Crippen LogP contribution >= 0.6 is 0 Å². The lowest BCUT2D eigenvalue weighted by Crippen LogP contribution is -2.40. The zero-order valence-electron chi connectivity index (χ0n) is 13.3. The highest BCUT2D eigenvalue weighted by Gasteiger charge is 2.33. The van der Waals surface area contributed by atoms with E-state index in [1.807, 2.05) is 0 Å². The van der Waals surface area contributed by atoms with Crippen molar-refractivity contribution in [2.45, 2.75) is 12.6 Å². The van der Waals surface area contributed by atoms with Crippen LogP contribution in [-0.2, 0) is 17.4 Å². The molecule has 0 aliphatic rings. The molecule has 1 aromatic carbocycles. The Balaban J connectivity index is 2.61. The van der Waals surface area contributed by atoms with Crippen LogP contribution in [0.5, 0.6) is 0 Å². The maximum absolute atomic E-state index is 12.9. The van der Waals surface area contributed by atoms with Gasteiger partial charge >= 0.3 is 12.2 Å². The van der Waals surface area contributed by atoms with Gasteiger partial charge in [-0.15, -0.1) is 0 Å². The number of carbonyl (C=O) groups is 2. The molecular formula is C15H20F3N3O2. The van der Waals surface area contributed by atoms with Crippen molar-refractivity contribution in [1.82, 2.24) is 15.1 Å². The maximum atomic E-state index is 12.9. The Kier molecular flexibility index (Phi) is 6.41. The van der Waals surface area contributed by atoms with Crippen LogP contribution in [0.15, 0.2) is 24.3 Å². The summed E-state index contributed by atoms with van der Waals surface area (Å²) in [6.07, 6.45) is -4.83. The van der Waals surface area contributed by atoms with Gasteiger partial charge in [-0.25, -0.2) is 4.79 Å². The van der Waals surface area contributed by atoms with Crippen molar-refractivity contribution in [1.29, 1.82) is 0 Å². The van der Waals surface area contributed by atoms with Gasteiger partial charge in [-0.05, 0) is 11.6 Å². The van der Waals surface area contributed by atoms with Crippen molar-refractivity contribution in [2.75, 3.05) is 34.2 Å². The lowest BCUT2D eigenvalue weighted by molar-refractivity contribution is -0.138. The van der Waals surface area contributed by atoms with Crippen molar-refractivity contribution >= 4 is 11.9 Å². The van der Waals surface area contributed by atoms with Crippen molar-refractivity contribution in [3.8, 4) is 0 Å². The summed E-state index contributed by atoms with van der Waals surface area (Å²) >= 11 is 0. The van der Waals surface area contributed by atoms with Crippen LogP contribution in [0.25, 0.3) is 0 Å². The van der Waals surface area contributed by atoms with Crippen molar-refractivity contribution < 1.29 is 22.8 Å². The molecule has 0 radical (unpaired) electrons. The first-order chi connectivity index (χ1) is 10.6. The zero-order valence-corrected chi connectivity index (χ0v) is 13.3. The molecule has 5 nitrogen and oxygen atoms in total. The van der Waals surface area contributed by atoms with E-state index < -0.39 is 17.6 Å². The van der Waals surface area contributed by atoms with Crippen LogP contribution in [0.2, 0.25) is 0 Å². The monoisotopic (exact) mass is 331 g/mol. The second kappa shape index (κ2) is 7.85. The van der Waals surface area contributed by atoms with Crippen molar-refractivity contribution in [2.24, 2.45) is 0 Å². The van der Waals surface area contributed by atoms with Gasteiger partial charge in [0.1, 0.15) is 0 Å². The van der Waals surface area contributed by atoms with Gasteiger partial charge in [-0.2, -0.15) is 13.2 Å². The summed E-state index contributed by atoms with van der Waals surface area (Å²) in [6.45, 7) is 0.437. The summed E-state index contributed by atoms with van der Waals surface area (Å²) in [6, 6.07) is 4.71. The largest absolute Gasteiger partial charge is 0.416 e. The number of urea groups is 1. The average molecular weight is 331 g/mol. The topological polar surface area (TPSA) is 52.7 Å². The normalized spacial score (nSPS) is 11.0. The van der Waals surface area contributed by atoms with Crippen LogP contribution < -0.4 is 5.32 Å². The first-order valence-electron chi connectivity index (χ1n) is 6.97. The van der Waals surface area contributed by atoms with Crippen LogP contribution in [0.4, 0.5) is 18.0 Å². The Morgan fingerprint density at radius 2 is 1.74 bits per heavy atom. The van der Waals surface area contributed by atoms with Crippen LogP contribution in [0.3, 0.4) is 0 Å². The Morgan fingerprint density at radius 3 is 2.30 bits per heavy atom. The van der Waals surface area contributed by atoms with Gasteiger partial charge in [0.15, 0.2) is 0 Å². The second-order valence-electron chi connectivity index (χ2n) is 5.27. The Labute approximate surface area is 133 Å². The number of benzene rings is 1. The third-order valence-corrected chi connectivity index (χ3v) is 3.22. The average Bonchev–Trinajstić information content (AvgIpc) is 2.46. The number of carbonyl (C=O) groups excluding carboxylic acids is 2. The molecule has 128 valence electrons. The summed E-state index contributed by atoms with van der Waals surface area (Å²) in [5, 5.41) is 2.58. The SMILES string of the molecule is CN(C)C(=O)NCCN(C)C(=O)Cc1ccccc1C(F)(F)F. The molecule has 0 aliphatic heterocycles. The van der Waals surface area contributed by atoms with E-state index in [9.17, 15) is 22.8 Å². The molecule has 0 saturated carbocycles. The number of hydrogen-bond donors (Lipinski definition) is 1. The molecule has 0 bridgehead atoms. The number of halogens is 3. The van der Waals surface area contributed by atoms with Gasteiger partial charge < -0.3 is 15.1 Å². The molecule has 8 heteroatoms. The number of nitrogens with zero attached hydrogens (tertiary/aromatic N) is 2. The minimum atomic E-state index is -4.49. The smallest absolute Gasteiger partial charge is 0.344 e. The van der Waals surface area contributed by atoms with Gasteiger partial charge in [0.2, 0.25) is 5.91 Å². The van der Waals surface area contributed by atoms with E-state index in [0.29, 0.717) is 0 Å². The van der Waals surface area contributed by atoms with E-state index in [1.165, 1.54) is 35.0 Å². The quantitative estimate of drug-likeness (QED) is 0.897. The van der Waals surface area contributed by atoms with E-state index in [-0.39, 0.29) is 31.1 Å². The van der Waals surface area contributed by atoms with Crippen molar-refractivity contribution in [3.05, 3.63) is 35.4 Å². The highest BCUT2D eigenvalue weighted by molar-refractivity contribution is 5.79. The Bertz CT molecular complexity index is 559. The molecule has 23 heavy (non-hydrogen) atoms. The van der Waals surface area contributed by atoms with Gasteiger partial charge in [-0.3, -0.25) is 4.79 Å². The standard InChI is InChI=1S/C15H20F3N3O2/c1-20(2)14(23)19-8-9-21(3)13(22)10-11-6-4-5-7-12(11)15(16,17)18/h4-7H,8-10H2,1-3H3,(H,19,23). The summed E-state index contributed by atoms with van der Waals surface area (Å²) in [5.74, 6) is -0.444. The van der Waals surface area contributed by atoms with Crippen molar-refractivity contribution in [3.63, 3.8) is 0 Å². The van der Waals surface area contributed by atoms with E-state index in [1.54, 1.807) is 14.1 Å². The fourth-order valence-electron chi connectivity index (χ4n) is 1.86. The highest BCUT2D eigenvalue weighted by Crippen LogP contribution is 2.32. The van der Waals surface area contributed by atoms with E-state index in [2.05, 4.69) is 5.32 Å². The molecule has 0 unspecified atom stereocenters. The molecule has 0 saturated heterocycles. The Morgan fingerprint density at radius 1 is 1.13 bits per heavy atom. The molecular weight excluding hydrogens is 311 g/mol. The van der Waals surface area contributed by atoms with Gasteiger partial charge in [0, 0.05) is 34.2 Å². The zero-order chi connectivity index (χ0) is 17.6. The Hall–Kier alpha value is -2.25. The van der Waals surface area contributed by atoms with E-state index in [4.69, 9.17) is 0 Å². The number of rotatable bonds is 5. The summed E-state index contributed by atoms with van der Waals surface area (Å²) in [4.78, 5) is 26.0. The highest BCUT2D eigenvalue weighted by atomic mass is 19.4. The third-order valence-electron chi connectivity index (χ3n) is 3.22. The molecule has 3 amide bonds. The third kappa shape index (κ3) is 5.80. The van der Waals surface area contributed by atoms with Crippen LogP contribution in [-0.4, -0.2) is 56.0 Å². The molecule has 0 aromatic heterocycles. The molecule has 0 fully saturated rings. The van der Waals surface area contributed by atoms with Crippen LogP contribution in [0, 0.1) is 0 Å². The van der Waals surface area contributed by atoms with E-state index in [0.717, 1.165) is 6.07 Å². The molecule has 0 atom stereocenters. The second-order valence-corrected chi connectivity index (χ2v) is 5.27. The number of alkyl halides is 3. The first kappa shape index (κ1) is 18.8. The predicted octanol–water partition coefficient (Wildman–Crippen LogP) is 1.98.